The molecule has 0 rings (SSSR count). The van der Waals surface area contributed by atoms with Gasteiger partial charge in [0.25, 0.3) is 0 Å². The number of carbonyl (C=O) groups excluding carboxylic acids is 1. The molecule has 0 atom stereocenters. The van der Waals surface area contributed by atoms with Gasteiger partial charge in [-0.2, -0.15) is 0 Å². The van der Waals surface area contributed by atoms with Crippen molar-refractivity contribution in [2.75, 3.05) is 0 Å². The summed E-state index contributed by atoms with van der Waals surface area (Å²) >= 11 is 0.0681. The summed E-state index contributed by atoms with van der Waals surface area (Å²) in [5.41, 5.74) is 0. The van der Waals surface area contributed by atoms with E-state index in [1.165, 1.54) is 38.5 Å². The first-order valence-electron chi connectivity index (χ1n) is 8.02. The number of carbonyl (C=O) groups is 1. The van der Waals surface area contributed by atoms with Gasteiger partial charge in [0.15, 0.2) is 0 Å². The average molecular weight is 466 g/mol. The quantitative estimate of drug-likeness (QED) is 0.319. The van der Waals surface area contributed by atoms with Gasteiger partial charge in [-0.25, -0.2) is 0 Å². The van der Waals surface area contributed by atoms with Crippen LogP contribution in [0.2, 0.25) is 8.26 Å². The van der Waals surface area contributed by atoms with Crippen LogP contribution in [0.4, 0.5) is 0 Å². The van der Waals surface area contributed by atoms with Gasteiger partial charge in [-0.05, 0) is 12.8 Å². The zero-order valence-corrected chi connectivity index (χ0v) is 16.7. The van der Waals surface area contributed by atoms with Gasteiger partial charge in [-0.15, -0.1) is 0 Å². The van der Waals surface area contributed by atoms with Crippen LogP contribution >= 0.6 is 0 Å². The molecular weight excluding hydrogens is 433 g/mol. The summed E-state index contributed by atoms with van der Waals surface area (Å²) < 4.78 is 3.27. The normalized spacial score (nSPS) is 9.84. The van der Waals surface area contributed by atoms with Crippen LogP contribution in [0.3, 0.4) is 0 Å². The molecule has 0 aliphatic rings. The molecule has 0 aliphatic heterocycles. The Labute approximate surface area is 132 Å². The molecule has 0 spiro atoms. The molecule has 19 heavy (non-hydrogen) atoms. The summed E-state index contributed by atoms with van der Waals surface area (Å²) in [6.07, 6.45) is 11.5. The van der Waals surface area contributed by atoms with E-state index in [1.807, 2.05) is 0 Å². The second kappa shape index (κ2) is 20.7. The summed E-state index contributed by atoms with van der Waals surface area (Å²) in [4.78, 5) is 9.92. The molecule has 0 unspecified atom stereocenters. The predicted molar refractivity (Wildman–Crippen MR) is 83.6 cm³/mol. The van der Waals surface area contributed by atoms with Crippen molar-refractivity contribution >= 4 is 29.2 Å². The van der Waals surface area contributed by atoms with Crippen LogP contribution in [0, 0.1) is 0 Å². The van der Waals surface area contributed by atoms with Crippen molar-refractivity contribution in [3.63, 3.8) is 0 Å². The summed E-state index contributed by atoms with van der Waals surface area (Å²) in [5.74, 6) is -0.920. The Kier molecular flexibility index (Phi) is 23.5. The molecule has 0 saturated heterocycles. The summed E-state index contributed by atoms with van der Waals surface area (Å²) in [6.45, 7) is 6.72. The van der Waals surface area contributed by atoms with Crippen molar-refractivity contribution in [1.29, 1.82) is 0 Å². The van der Waals surface area contributed by atoms with Gasteiger partial charge < -0.3 is 9.90 Å². The number of hydrogen-bond acceptors (Lipinski definition) is 2. The third-order valence-corrected chi connectivity index (χ3v) is 7.74. The zero-order chi connectivity index (χ0) is 14.8. The Morgan fingerprint density at radius 3 is 1.68 bits per heavy atom. The van der Waals surface area contributed by atoms with Crippen molar-refractivity contribution in [3.8, 4) is 0 Å². The molecule has 0 amide bonds. The van der Waals surface area contributed by atoms with E-state index in [0.29, 0.717) is 0 Å². The number of rotatable bonds is 12. The van der Waals surface area contributed by atoms with Crippen LogP contribution in [-0.4, -0.2) is 29.2 Å². The maximum atomic E-state index is 9.92. The van der Waals surface area contributed by atoms with E-state index in [9.17, 15) is 9.90 Å². The van der Waals surface area contributed by atoms with E-state index in [1.54, 1.807) is 8.26 Å². The standard InChI is InChI=1S/C8H16O2.2C4H9.Bi/c1-2-3-4-5-6-7-8(9)10;2*1-3-4-2;/h2-7H2,1H3,(H,9,10);2*1,3-4H2,2H3;/q;;;+1/p-1. The Balaban J connectivity index is 0. The monoisotopic (exact) mass is 466 g/mol. The first kappa shape index (κ1) is 21.6. The molecule has 0 saturated carbocycles. The number of unbranched alkanes of at least 4 members (excludes halogenated alkanes) is 6. The van der Waals surface area contributed by atoms with Gasteiger partial charge >= 0.3 is 71.0 Å². The second-order valence-corrected chi connectivity index (χ2v) is 10.1. The van der Waals surface area contributed by atoms with E-state index in [4.69, 9.17) is 0 Å². The number of carboxylic acid groups (broad SMARTS) is 1. The van der Waals surface area contributed by atoms with Crippen molar-refractivity contribution < 1.29 is 9.90 Å². The first-order chi connectivity index (χ1) is 9.18. The Morgan fingerprint density at radius 1 is 0.789 bits per heavy atom. The second-order valence-electron chi connectivity index (χ2n) is 4.91. The molecule has 0 bridgehead atoms. The molecule has 0 aromatic heterocycles. The molecular formula is C16H33BiO2. The average Bonchev–Trinajstić information content (AvgIpc) is 2.39. The van der Waals surface area contributed by atoms with Gasteiger partial charge in [0, 0.05) is 5.97 Å². The molecule has 0 aromatic carbocycles. The number of aliphatic carboxylic acids is 1. The fourth-order valence-electron chi connectivity index (χ4n) is 1.52. The molecule has 114 valence electrons. The fourth-order valence-corrected chi connectivity index (χ4v) is 6.59. The molecule has 0 aromatic rings. The molecule has 0 N–H and O–H groups in total. The summed E-state index contributed by atoms with van der Waals surface area (Å²) in [7, 11) is 0. The van der Waals surface area contributed by atoms with Crippen LogP contribution in [0.25, 0.3) is 0 Å². The maximum absolute atomic E-state index is 9.92. The topological polar surface area (TPSA) is 40.1 Å². The Hall–Kier alpha value is 0.353. The Morgan fingerprint density at radius 2 is 1.26 bits per heavy atom. The molecule has 3 heteroatoms. The van der Waals surface area contributed by atoms with E-state index in [2.05, 4.69) is 20.8 Å². The molecule has 0 aliphatic carbocycles. The van der Waals surface area contributed by atoms with Gasteiger partial charge in [0.1, 0.15) is 0 Å². The SMILES string of the molecule is CCCCCCCC(=O)[O-].CCC[CH2][Bi+][CH2]CCC. The van der Waals surface area contributed by atoms with Crippen molar-refractivity contribution in [2.24, 2.45) is 0 Å². The number of carboxylic acids is 1. The third-order valence-electron chi connectivity index (χ3n) is 2.82. The van der Waals surface area contributed by atoms with E-state index in [0.717, 1.165) is 19.3 Å². The zero-order valence-electron chi connectivity index (χ0n) is 13.2. The van der Waals surface area contributed by atoms with Crippen LogP contribution in [-0.2, 0) is 4.79 Å². The van der Waals surface area contributed by atoms with E-state index < -0.39 is 5.97 Å². The molecule has 0 fully saturated rings. The first-order valence-corrected chi connectivity index (χ1v) is 12.9. The third kappa shape index (κ3) is 27.5. The van der Waals surface area contributed by atoms with Gasteiger partial charge in [-0.3, -0.25) is 0 Å². The van der Waals surface area contributed by atoms with Crippen LogP contribution in [0.15, 0.2) is 0 Å². The molecule has 0 heterocycles. The van der Waals surface area contributed by atoms with Crippen LogP contribution in [0.5, 0.6) is 0 Å². The molecule has 2 radical (unpaired) electrons. The van der Waals surface area contributed by atoms with Crippen LogP contribution < -0.4 is 5.11 Å². The summed E-state index contributed by atoms with van der Waals surface area (Å²) in [5, 5.41) is 9.92. The number of hydrogen-bond donors (Lipinski definition) is 0. The minimum atomic E-state index is -0.920. The van der Waals surface area contributed by atoms with Crippen LogP contribution in [0.1, 0.15) is 85.0 Å². The predicted octanol–water partition coefficient (Wildman–Crippen LogP) is 4.22. The Bertz CT molecular complexity index is 166. The van der Waals surface area contributed by atoms with Crippen molar-refractivity contribution in [2.45, 2.75) is 93.2 Å². The van der Waals surface area contributed by atoms with Crippen molar-refractivity contribution in [1.82, 2.24) is 0 Å². The fraction of sp³-hybridized carbons (Fsp3) is 0.938. The molecule has 2 nitrogen and oxygen atoms in total. The van der Waals surface area contributed by atoms with E-state index >= 15 is 0 Å². The van der Waals surface area contributed by atoms with Gasteiger partial charge in [0.05, 0.1) is 0 Å². The van der Waals surface area contributed by atoms with Gasteiger partial charge in [0.2, 0.25) is 0 Å². The van der Waals surface area contributed by atoms with E-state index in [-0.39, 0.29) is 29.7 Å². The van der Waals surface area contributed by atoms with Crippen molar-refractivity contribution in [3.05, 3.63) is 0 Å². The van der Waals surface area contributed by atoms with Gasteiger partial charge in [-0.1, -0.05) is 32.6 Å². The minimum absolute atomic E-state index is 0.0681. The summed E-state index contributed by atoms with van der Waals surface area (Å²) in [6, 6.07) is 0.